The summed E-state index contributed by atoms with van der Waals surface area (Å²) in [6.07, 6.45) is 3.18. The first-order valence-electron chi connectivity index (χ1n) is 12.1. The van der Waals surface area contributed by atoms with Gasteiger partial charge in [0, 0.05) is 57.4 Å². The minimum Gasteiger partial charge on any atom is -0.360 e. The first-order valence-corrected chi connectivity index (χ1v) is 13.6. The number of carbonyl (C=O) groups excluding carboxylic acids is 1. The Morgan fingerprint density at radius 2 is 1.86 bits per heavy atom. The molecule has 1 aromatic carbocycles. The Kier molecular flexibility index (Phi) is 6.61. The zero-order valence-corrected chi connectivity index (χ0v) is 21.0. The normalized spacial score (nSPS) is 20.4. The van der Waals surface area contributed by atoms with Crippen molar-refractivity contribution in [2.24, 2.45) is 5.92 Å². The molecule has 5 rings (SSSR count). The largest absolute Gasteiger partial charge is 0.360 e. The number of piperidine rings is 1. The van der Waals surface area contributed by atoms with E-state index in [2.05, 4.69) is 39.3 Å². The van der Waals surface area contributed by atoms with Crippen molar-refractivity contribution in [3.05, 3.63) is 53.5 Å². The summed E-state index contributed by atoms with van der Waals surface area (Å²) < 4.78 is 33.0. The van der Waals surface area contributed by atoms with Crippen molar-refractivity contribution in [2.45, 2.75) is 38.1 Å². The van der Waals surface area contributed by atoms with Crippen LogP contribution in [0, 0.1) is 19.8 Å². The monoisotopic (exact) mass is 497 g/mol. The highest BCUT2D eigenvalue weighted by Gasteiger charge is 2.38. The molecule has 9 nitrogen and oxygen atoms in total. The molecule has 186 valence electrons. The van der Waals surface area contributed by atoms with E-state index in [9.17, 15) is 13.2 Å². The molecule has 0 aliphatic carbocycles. The fourth-order valence-electron chi connectivity index (χ4n) is 5.25. The van der Waals surface area contributed by atoms with E-state index >= 15 is 0 Å². The van der Waals surface area contributed by atoms with E-state index in [1.54, 1.807) is 13.8 Å². The topological polar surface area (TPSA) is 99.8 Å². The zero-order valence-electron chi connectivity index (χ0n) is 20.2. The minimum atomic E-state index is -3.75. The molecule has 2 aliphatic rings. The van der Waals surface area contributed by atoms with Gasteiger partial charge in [0.15, 0.2) is 5.76 Å². The van der Waals surface area contributed by atoms with Crippen LogP contribution in [0.25, 0.3) is 10.9 Å². The average Bonchev–Trinajstić information content (AvgIpc) is 3.23. The van der Waals surface area contributed by atoms with E-state index in [-0.39, 0.29) is 29.0 Å². The Labute approximate surface area is 205 Å². The zero-order chi connectivity index (χ0) is 24.6. The predicted octanol–water partition coefficient (Wildman–Crippen LogP) is 2.58. The molecule has 3 aromatic rings. The van der Waals surface area contributed by atoms with Gasteiger partial charge in [-0.2, -0.15) is 4.31 Å². The molecule has 2 aromatic heterocycles. The molecule has 10 heteroatoms. The van der Waals surface area contributed by atoms with Gasteiger partial charge in [-0.15, -0.1) is 0 Å². The molecular formula is C25H31N5O4S. The van der Waals surface area contributed by atoms with Gasteiger partial charge in [-0.25, -0.2) is 8.42 Å². The fraction of sp³-hybridized carbons (Fsp3) is 0.480. The molecule has 0 saturated carbocycles. The van der Waals surface area contributed by atoms with Crippen LogP contribution in [0.5, 0.6) is 0 Å². The maximum Gasteiger partial charge on any atom is 0.248 e. The highest BCUT2D eigenvalue weighted by molar-refractivity contribution is 7.89. The second-order valence-electron chi connectivity index (χ2n) is 9.45. The van der Waals surface area contributed by atoms with Gasteiger partial charge >= 0.3 is 0 Å². The van der Waals surface area contributed by atoms with Crippen LogP contribution in [-0.2, 0) is 21.4 Å². The second-order valence-corrected chi connectivity index (χ2v) is 11.3. The number of benzene rings is 1. The highest BCUT2D eigenvalue weighted by Crippen LogP contribution is 2.29. The highest BCUT2D eigenvalue weighted by atomic mass is 32.2. The van der Waals surface area contributed by atoms with E-state index in [1.165, 1.54) is 9.87 Å². The number of aryl methyl sites for hydroxylation is 2. The molecule has 1 unspecified atom stereocenters. The SMILES string of the molecule is Cc1noc(C)c1S(=O)(=O)N1CCCC(C(=O)N2CCN(Cc3cccc4cccnc34)CC2)C1. The van der Waals surface area contributed by atoms with Crippen LogP contribution in [0.15, 0.2) is 45.9 Å². The number of nitrogens with zero attached hydrogens (tertiary/aromatic N) is 5. The van der Waals surface area contributed by atoms with Gasteiger partial charge in [-0.3, -0.25) is 14.7 Å². The lowest BCUT2D eigenvalue weighted by atomic mass is 9.97. The Morgan fingerprint density at radius 1 is 1.09 bits per heavy atom. The summed E-state index contributed by atoms with van der Waals surface area (Å²) >= 11 is 0. The number of fused-ring (bicyclic) bond motifs is 1. The number of rotatable bonds is 5. The lowest BCUT2D eigenvalue weighted by Gasteiger charge is -2.38. The number of piperazine rings is 1. The third-order valence-corrected chi connectivity index (χ3v) is 9.20. The van der Waals surface area contributed by atoms with Gasteiger partial charge in [0.2, 0.25) is 15.9 Å². The van der Waals surface area contributed by atoms with Gasteiger partial charge in [0.1, 0.15) is 10.6 Å². The molecule has 1 atom stereocenters. The van der Waals surface area contributed by atoms with E-state index in [0.717, 1.165) is 30.5 Å². The number of hydrogen-bond donors (Lipinski definition) is 0. The van der Waals surface area contributed by atoms with Gasteiger partial charge in [-0.05, 0) is 38.3 Å². The maximum atomic E-state index is 13.3. The number of amides is 1. The predicted molar refractivity (Wildman–Crippen MR) is 131 cm³/mol. The van der Waals surface area contributed by atoms with Crippen molar-refractivity contribution in [1.29, 1.82) is 0 Å². The smallest absolute Gasteiger partial charge is 0.248 e. The van der Waals surface area contributed by atoms with Crippen molar-refractivity contribution in [3.8, 4) is 0 Å². The van der Waals surface area contributed by atoms with E-state index in [0.29, 0.717) is 38.2 Å². The van der Waals surface area contributed by atoms with Crippen LogP contribution in [0.1, 0.15) is 29.9 Å². The third-order valence-electron chi connectivity index (χ3n) is 7.09. The summed E-state index contributed by atoms with van der Waals surface area (Å²) in [6.45, 7) is 7.48. The molecule has 1 amide bonds. The Balaban J connectivity index is 1.21. The van der Waals surface area contributed by atoms with Crippen LogP contribution in [0.3, 0.4) is 0 Å². The molecule has 35 heavy (non-hydrogen) atoms. The fourth-order valence-corrected chi connectivity index (χ4v) is 7.07. The molecule has 0 N–H and O–H groups in total. The summed E-state index contributed by atoms with van der Waals surface area (Å²) in [4.78, 5) is 22.3. The minimum absolute atomic E-state index is 0.0511. The van der Waals surface area contributed by atoms with Crippen LogP contribution < -0.4 is 0 Å². The average molecular weight is 498 g/mol. The first kappa shape index (κ1) is 23.9. The number of pyridine rings is 1. The lowest BCUT2D eigenvalue weighted by Crippen LogP contribution is -2.52. The number of aromatic nitrogens is 2. The van der Waals surface area contributed by atoms with Crippen LogP contribution in [0.4, 0.5) is 0 Å². The molecule has 4 heterocycles. The van der Waals surface area contributed by atoms with E-state index in [1.807, 2.05) is 17.2 Å². The van der Waals surface area contributed by atoms with Crippen molar-refractivity contribution < 1.29 is 17.7 Å². The summed E-state index contributed by atoms with van der Waals surface area (Å²) in [7, 11) is -3.75. The van der Waals surface area contributed by atoms with Gasteiger partial charge in [-0.1, -0.05) is 29.4 Å². The van der Waals surface area contributed by atoms with Gasteiger partial charge in [0.25, 0.3) is 0 Å². The van der Waals surface area contributed by atoms with Gasteiger partial charge in [0.05, 0.1) is 11.4 Å². The van der Waals surface area contributed by atoms with Crippen molar-refractivity contribution in [1.82, 2.24) is 24.2 Å². The van der Waals surface area contributed by atoms with E-state index < -0.39 is 10.0 Å². The van der Waals surface area contributed by atoms with E-state index in [4.69, 9.17) is 4.52 Å². The Bertz CT molecular complexity index is 1310. The second kappa shape index (κ2) is 9.67. The third kappa shape index (κ3) is 4.70. The number of sulfonamides is 1. The molecule has 2 fully saturated rings. The first-order chi connectivity index (χ1) is 16.8. The molecule has 0 spiro atoms. The maximum absolute atomic E-state index is 13.3. The van der Waals surface area contributed by atoms with Gasteiger partial charge < -0.3 is 9.42 Å². The van der Waals surface area contributed by atoms with Crippen LogP contribution in [0.2, 0.25) is 0 Å². The summed E-state index contributed by atoms with van der Waals surface area (Å²) in [5.41, 5.74) is 2.57. The lowest BCUT2D eigenvalue weighted by molar-refractivity contribution is -0.138. The van der Waals surface area contributed by atoms with Crippen molar-refractivity contribution in [3.63, 3.8) is 0 Å². The number of para-hydroxylation sites is 1. The van der Waals surface area contributed by atoms with Crippen LogP contribution >= 0.6 is 0 Å². The van der Waals surface area contributed by atoms with Crippen molar-refractivity contribution in [2.75, 3.05) is 39.3 Å². The summed E-state index contributed by atoms with van der Waals surface area (Å²) in [5, 5.41) is 4.93. The number of carbonyl (C=O) groups is 1. The Morgan fingerprint density at radius 3 is 2.60 bits per heavy atom. The van der Waals surface area contributed by atoms with Crippen LogP contribution in [-0.4, -0.2) is 77.8 Å². The van der Waals surface area contributed by atoms with Crippen molar-refractivity contribution >= 4 is 26.8 Å². The Hall–Kier alpha value is -2.82. The molecule has 0 bridgehead atoms. The quantitative estimate of drug-likeness (QED) is 0.534. The molecule has 2 aliphatic heterocycles. The molecular weight excluding hydrogens is 466 g/mol. The summed E-state index contributed by atoms with van der Waals surface area (Å²) in [5.74, 6) is 0.0106. The summed E-state index contributed by atoms with van der Waals surface area (Å²) in [6, 6.07) is 10.3. The molecule has 2 saturated heterocycles. The molecule has 0 radical (unpaired) electrons. The number of hydrogen-bond acceptors (Lipinski definition) is 7. The standard InChI is InChI=1S/C25H31N5O4S/c1-18-24(19(2)34-27-18)35(32,33)30-11-5-9-22(17-30)25(31)29-14-12-28(13-15-29)16-21-7-3-6-20-8-4-10-26-23(20)21/h3-4,6-8,10,22H,5,9,11-17H2,1-2H3.